The molecule has 0 aromatic heterocycles. The molecular formula is C22H36N2O2. The number of unbranched alkanes of at least 4 members (excludes halogenated alkanes) is 5. The van der Waals surface area contributed by atoms with Gasteiger partial charge in [-0.25, -0.2) is 0 Å². The molecule has 0 rings (SSSR count). The van der Waals surface area contributed by atoms with Crippen molar-refractivity contribution in [3.05, 3.63) is 48.6 Å². The van der Waals surface area contributed by atoms with Gasteiger partial charge in [-0.15, -0.1) is 0 Å². The van der Waals surface area contributed by atoms with Crippen LogP contribution < -0.4 is 11.1 Å². The number of hydrogen-bond donors (Lipinski definition) is 2. The summed E-state index contributed by atoms with van der Waals surface area (Å²) >= 11 is 0. The summed E-state index contributed by atoms with van der Waals surface area (Å²) in [6.45, 7) is 2.73. The van der Waals surface area contributed by atoms with Crippen molar-refractivity contribution in [3.8, 4) is 0 Å². The molecule has 26 heavy (non-hydrogen) atoms. The minimum atomic E-state index is -0.926. The minimum absolute atomic E-state index is 0.496. The number of rotatable bonds is 15. The van der Waals surface area contributed by atoms with Crippen molar-refractivity contribution in [1.29, 1.82) is 0 Å². The van der Waals surface area contributed by atoms with Crippen LogP contribution in [0, 0.1) is 0 Å². The van der Waals surface area contributed by atoms with Crippen LogP contribution in [0.3, 0.4) is 0 Å². The van der Waals surface area contributed by atoms with Gasteiger partial charge in [0.1, 0.15) is 0 Å². The second-order valence-electron chi connectivity index (χ2n) is 6.20. The van der Waals surface area contributed by atoms with Crippen LogP contribution in [0.5, 0.6) is 0 Å². The van der Waals surface area contributed by atoms with E-state index in [1.165, 1.54) is 25.7 Å². The van der Waals surface area contributed by atoms with Gasteiger partial charge in [0.15, 0.2) is 0 Å². The lowest BCUT2D eigenvalue weighted by atomic mass is 10.2. The summed E-state index contributed by atoms with van der Waals surface area (Å²) in [4.78, 5) is 21.4. The molecule has 4 nitrogen and oxygen atoms in total. The van der Waals surface area contributed by atoms with Crippen molar-refractivity contribution < 1.29 is 9.59 Å². The van der Waals surface area contributed by atoms with E-state index in [0.717, 1.165) is 38.5 Å². The normalized spacial score (nSPS) is 12.0. The number of carbonyl (C=O) groups excluding carboxylic acids is 2. The molecule has 0 aromatic rings. The highest BCUT2D eigenvalue weighted by atomic mass is 16.2. The standard InChI is InChI=1S/C22H36N2O2/c1-2-3-4-5-6-7-8-9-10-11-12-13-14-15-16-17-18-19-20-24-22(26)21(23)25/h6-7,9-10,12-13,15-16H,2-5,8,11,14,17-20H2,1H3,(H2,23,25)(H,24,26)/b7-6-,10-9-,13-12-,16-15-. The maximum absolute atomic E-state index is 10.9. The fourth-order valence-corrected chi connectivity index (χ4v) is 2.24. The monoisotopic (exact) mass is 360 g/mol. The molecule has 2 amide bonds. The Balaban J connectivity index is 3.43. The highest BCUT2D eigenvalue weighted by Crippen LogP contribution is 2.01. The molecule has 146 valence electrons. The Morgan fingerprint density at radius 1 is 0.731 bits per heavy atom. The van der Waals surface area contributed by atoms with Crippen molar-refractivity contribution >= 4 is 11.8 Å². The van der Waals surface area contributed by atoms with E-state index in [0.29, 0.717) is 6.54 Å². The van der Waals surface area contributed by atoms with Gasteiger partial charge in [0.2, 0.25) is 0 Å². The van der Waals surface area contributed by atoms with Crippen LogP contribution in [-0.2, 0) is 9.59 Å². The summed E-state index contributed by atoms with van der Waals surface area (Å²) in [7, 11) is 0. The fourth-order valence-electron chi connectivity index (χ4n) is 2.24. The molecule has 0 aliphatic heterocycles. The number of hydrogen-bond acceptors (Lipinski definition) is 2. The lowest BCUT2D eigenvalue weighted by molar-refractivity contribution is -0.137. The van der Waals surface area contributed by atoms with Gasteiger partial charge < -0.3 is 11.1 Å². The highest BCUT2D eigenvalue weighted by molar-refractivity contribution is 6.34. The molecule has 0 saturated heterocycles. The molecule has 0 unspecified atom stereocenters. The summed E-state index contributed by atoms with van der Waals surface area (Å²) in [6, 6.07) is 0. The average molecular weight is 361 g/mol. The summed E-state index contributed by atoms with van der Waals surface area (Å²) in [5.74, 6) is -1.63. The number of nitrogens with two attached hydrogens (primary N) is 1. The van der Waals surface area contributed by atoms with Gasteiger partial charge in [0.05, 0.1) is 0 Å². The molecule has 0 spiro atoms. The Morgan fingerprint density at radius 2 is 1.19 bits per heavy atom. The first kappa shape index (κ1) is 23.9. The maximum Gasteiger partial charge on any atom is 0.309 e. The van der Waals surface area contributed by atoms with Crippen LogP contribution in [0.15, 0.2) is 48.6 Å². The molecule has 0 aliphatic rings. The number of amides is 2. The summed E-state index contributed by atoms with van der Waals surface area (Å²) < 4.78 is 0. The van der Waals surface area contributed by atoms with Gasteiger partial charge >= 0.3 is 11.8 Å². The summed E-state index contributed by atoms with van der Waals surface area (Å²) in [6.07, 6.45) is 28.5. The third-order valence-corrected chi connectivity index (χ3v) is 3.76. The van der Waals surface area contributed by atoms with E-state index in [1.54, 1.807) is 0 Å². The van der Waals surface area contributed by atoms with Gasteiger partial charge in [0, 0.05) is 6.54 Å². The molecular weight excluding hydrogens is 324 g/mol. The quantitative estimate of drug-likeness (QED) is 0.252. The Morgan fingerprint density at radius 3 is 1.65 bits per heavy atom. The lowest BCUT2D eigenvalue weighted by Gasteiger charge is -2.00. The number of nitrogens with one attached hydrogen (secondary N) is 1. The average Bonchev–Trinajstić information content (AvgIpc) is 2.63. The van der Waals surface area contributed by atoms with Crippen molar-refractivity contribution in [2.75, 3.05) is 6.54 Å². The first-order chi connectivity index (χ1) is 12.7. The van der Waals surface area contributed by atoms with Crippen LogP contribution in [0.1, 0.15) is 71.1 Å². The van der Waals surface area contributed by atoms with Crippen molar-refractivity contribution in [1.82, 2.24) is 5.32 Å². The molecule has 0 aliphatic carbocycles. The largest absolute Gasteiger partial charge is 0.361 e. The Bertz CT molecular complexity index is 477. The summed E-state index contributed by atoms with van der Waals surface area (Å²) in [5.41, 5.74) is 4.84. The van der Waals surface area contributed by atoms with Gasteiger partial charge in [-0.3, -0.25) is 9.59 Å². The molecule has 0 heterocycles. The predicted molar refractivity (Wildman–Crippen MR) is 111 cm³/mol. The van der Waals surface area contributed by atoms with Crippen LogP contribution >= 0.6 is 0 Å². The zero-order valence-corrected chi connectivity index (χ0v) is 16.3. The third-order valence-electron chi connectivity index (χ3n) is 3.76. The SMILES string of the molecule is CCCCC/C=C\C/C=C\C/C=C\C/C=C\CCCCNC(=O)C(N)=O. The molecule has 4 heteroatoms. The first-order valence-electron chi connectivity index (χ1n) is 9.86. The molecule has 0 atom stereocenters. The van der Waals surface area contributed by atoms with Crippen LogP contribution in [-0.4, -0.2) is 18.4 Å². The van der Waals surface area contributed by atoms with Gasteiger partial charge in [-0.1, -0.05) is 68.4 Å². The maximum atomic E-state index is 10.9. The van der Waals surface area contributed by atoms with E-state index in [1.807, 2.05) is 0 Å². The Hall–Kier alpha value is -2.10. The zero-order valence-electron chi connectivity index (χ0n) is 16.3. The molecule has 0 aromatic carbocycles. The smallest absolute Gasteiger partial charge is 0.309 e. The number of allylic oxidation sites excluding steroid dienone is 8. The van der Waals surface area contributed by atoms with E-state index >= 15 is 0 Å². The zero-order chi connectivity index (χ0) is 19.3. The van der Waals surface area contributed by atoms with Crippen molar-refractivity contribution in [2.24, 2.45) is 5.73 Å². The van der Waals surface area contributed by atoms with E-state index in [4.69, 9.17) is 5.73 Å². The van der Waals surface area contributed by atoms with E-state index in [-0.39, 0.29) is 0 Å². The Kier molecular flexibility index (Phi) is 17.7. The Labute approximate surface area is 159 Å². The van der Waals surface area contributed by atoms with Crippen LogP contribution in [0.25, 0.3) is 0 Å². The van der Waals surface area contributed by atoms with Gasteiger partial charge in [0.25, 0.3) is 0 Å². The number of primary amides is 1. The van der Waals surface area contributed by atoms with E-state index < -0.39 is 11.8 Å². The topological polar surface area (TPSA) is 72.2 Å². The molecule has 0 bridgehead atoms. The predicted octanol–water partition coefficient (Wildman–Crippen LogP) is 4.73. The fraction of sp³-hybridized carbons (Fsp3) is 0.545. The summed E-state index contributed by atoms with van der Waals surface area (Å²) in [5, 5.41) is 2.48. The van der Waals surface area contributed by atoms with E-state index in [2.05, 4.69) is 60.8 Å². The van der Waals surface area contributed by atoms with Crippen LogP contribution in [0.2, 0.25) is 0 Å². The van der Waals surface area contributed by atoms with Crippen molar-refractivity contribution in [2.45, 2.75) is 71.1 Å². The third kappa shape index (κ3) is 18.2. The minimum Gasteiger partial charge on any atom is -0.361 e. The van der Waals surface area contributed by atoms with Crippen molar-refractivity contribution in [3.63, 3.8) is 0 Å². The van der Waals surface area contributed by atoms with Gasteiger partial charge in [-0.05, 0) is 51.4 Å². The lowest BCUT2D eigenvalue weighted by Crippen LogP contribution is -2.36. The first-order valence-corrected chi connectivity index (χ1v) is 9.86. The molecule has 0 saturated carbocycles. The molecule has 0 fully saturated rings. The second-order valence-corrected chi connectivity index (χ2v) is 6.20. The van der Waals surface area contributed by atoms with E-state index in [9.17, 15) is 9.59 Å². The molecule has 0 radical (unpaired) electrons. The number of carbonyl (C=O) groups is 2. The second kappa shape index (κ2) is 19.2. The van der Waals surface area contributed by atoms with Crippen LogP contribution in [0.4, 0.5) is 0 Å². The van der Waals surface area contributed by atoms with Gasteiger partial charge in [-0.2, -0.15) is 0 Å². The molecule has 3 N–H and O–H groups in total. The highest BCUT2D eigenvalue weighted by Gasteiger charge is 2.05.